The maximum Gasteiger partial charge on any atom is 0.319 e. The van der Waals surface area contributed by atoms with Crippen molar-refractivity contribution in [3.05, 3.63) is 60.2 Å². The Kier molecular flexibility index (Phi) is 6.26. The maximum atomic E-state index is 12.4. The highest BCUT2D eigenvalue weighted by Gasteiger charge is 2.24. The van der Waals surface area contributed by atoms with E-state index in [1.54, 1.807) is 29.2 Å². The molecule has 7 heteroatoms. The first kappa shape index (κ1) is 19.4. The van der Waals surface area contributed by atoms with Crippen molar-refractivity contribution in [2.24, 2.45) is 0 Å². The first-order chi connectivity index (χ1) is 13.5. The summed E-state index contributed by atoms with van der Waals surface area (Å²) in [5.74, 6) is -0.794. The second kappa shape index (κ2) is 9.03. The second-order valence-electron chi connectivity index (χ2n) is 6.76. The topological polar surface area (TPSA) is 98.7 Å². The quantitative estimate of drug-likeness (QED) is 0.612. The van der Waals surface area contributed by atoms with Crippen molar-refractivity contribution in [2.75, 3.05) is 16.8 Å². The predicted octanol–water partition coefficient (Wildman–Crippen LogP) is 3.02. The number of carboxylic acids is 1. The molecule has 3 rings (SSSR count). The van der Waals surface area contributed by atoms with Gasteiger partial charge >= 0.3 is 12.0 Å². The number of nitrogens with zero attached hydrogens (tertiary/aromatic N) is 1. The molecule has 0 bridgehead atoms. The number of amides is 3. The third-order valence-electron chi connectivity index (χ3n) is 4.65. The van der Waals surface area contributed by atoms with E-state index >= 15 is 0 Å². The lowest BCUT2D eigenvalue weighted by atomic mass is 10.0. The number of benzene rings is 2. The number of carbonyl (C=O) groups excluding carboxylic acids is 2. The lowest BCUT2D eigenvalue weighted by molar-refractivity contribution is -0.137. The zero-order valence-corrected chi connectivity index (χ0v) is 15.4. The maximum absolute atomic E-state index is 12.4. The third kappa shape index (κ3) is 5.33. The van der Waals surface area contributed by atoms with Crippen LogP contribution in [0.15, 0.2) is 54.6 Å². The number of aliphatic carboxylic acids is 1. The lowest BCUT2D eigenvalue weighted by Gasteiger charge is -2.30. The smallest absolute Gasteiger partial charge is 0.319 e. The summed E-state index contributed by atoms with van der Waals surface area (Å²) in [7, 11) is 0. The van der Waals surface area contributed by atoms with E-state index in [1.807, 2.05) is 30.3 Å². The summed E-state index contributed by atoms with van der Waals surface area (Å²) in [6, 6.07) is 16.0. The molecule has 0 radical (unpaired) electrons. The minimum atomic E-state index is -0.892. The Labute approximate surface area is 163 Å². The minimum absolute atomic E-state index is 0.0175. The summed E-state index contributed by atoms with van der Waals surface area (Å²) in [6.07, 6.45) is 1.45. The van der Waals surface area contributed by atoms with Gasteiger partial charge in [0.2, 0.25) is 5.91 Å². The van der Waals surface area contributed by atoms with Gasteiger partial charge in [0.05, 0.1) is 0 Å². The fourth-order valence-corrected chi connectivity index (χ4v) is 3.09. The van der Waals surface area contributed by atoms with Crippen molar-refractivity contribution in [1.82, 2.24) is 5.32 Å². The van der Waals surface area contributed by atoms with Crippen LogP contribution in [0.1, 0.15) is 24.8 Å². The van der Waals surface area contributed by atoms with Crippen LogP contribution < -0.4 is 15.5 Å². The van der Waals surface area contributed by atoms with E-state index in [0.717, 1.165) is 17.8 Å². The summed E-state index contributed by atoms with van der Waals surface area (Å²) < 4.78 is 0. The minimum Gasteiger partial charge on any atom is -0.481 e. The highest BCUT2D eigenvalue weighted by Crippen LogP contribution is 2.23. The molecule has 146 valence electrons. The van der Waals surface area contributed by atoms with Crippen LogP contribution in [0.2, 0.25) is 0 Å². The molecule has 1 heterocycles. The zero-order valence-electron chi connectivity index (χ0n) is 15.4. The van der Waals surface area contributed by atoms with E-state index in [9.17, 15) is 14.4 Å². The van der Waals surface area contributed by atoms with E-state index in [-0.39, 0.29) is 24.4 Å². The van der Waals surface area contributed by atoms with Crippen LogP contribution in [0, 0.1) is 0 Å². The molecular weight excluding hydrogens is 358 g/mol. The molecule has 28 heavy (non-hydrogen) atoms. The van der Waals surface area contributed by atoms with Crippen molar-refractivity contribution in [3.8, 4) is 0 Å². The van der Waals surface area contributed by atoms with Gasteiger partial charge in [-0.15, -0.1) is 0 Å². The number of carboxylic acid groups (broad SMARTS) is 1. The molecule has 1 fully saturated rings. The lowest BCUT2D eigenvalue weighted by Crippen LogP contribution is -2.43. The van der Waals surface area contributed by atoms with Gasteiger partial charge in [-0.05, 0) is 42.7 Å². The van der Waals surface area contributed by atoms with Crippen LogP contribution in [-0.4, -0.2) is 35.6 Å². The van der Waals surface area contributed by atoms with Gasteiger partial charge in [0.1, 0.15) is 0 Å². The van der Waals surface area contributed by atoms with Gasteiger partial charge < -0.3 is 20.6 Å². The zero-order chi connectivity index (χ0) is 19.9. The third-order valence-corrected chi connectivity index (χ3v) is 4.65. The van der Waals surface area contributed by atoms with E-state index < -0.39 is 5.97 Å². The highest BCUT2D eigenvalue weighted by molar-refractivity contribution is 5.99. The van der Waals surface area contributed by atoms with Crippen LogP contribution in [0.5, 0.6) is 0 Å². The largest absolute Gasteiger partial charge is 0.481 e. The Morgan fingerprint density at radius 1 is 1.07 bits per heavy atom. The molecule has 0 aromatic heterocycles. The van der Waals surface area contributed by atoms with E-state index in [2.05, 4.69) is 10.6 Å². The van der Waals surface area contributed by atoms with Crippen LogP contribution in [0.25, 0.3) is 0 Å². The Balaban J connectivity index is 1.57. The monoisotopic (exact) mass is 381 g/mol. The number of urea groups is 1. The highest BCUT2D eigenvalue weighted by atomic mass is 16.4. The van der Waals surface area contributed by atoms with E-state index in [1.165, 1.54) is 0 Å². The van der Waals surface area contributed by atoms with Crippen molar-refractivity contribution in [3.63, 3.8) is 0 Å². The van der Waals surface area contributed by atoms with Gasteiger partial charge in [-0.2, -0.15) is 0 Å². The summed E-state index contributed by atoms with van der Waals surface area (Å²) >= 11 is 0. The summed E-state index contributed by atoms with van der Waals surface area (Å²) in [5.41, 5.74) is 2.44. The number of carbonyl (C=O) groups is 3. The Morgan fingerprint density at radius 2 is 1.79 bits per heavy atom. The van der Waals surface area contributed by atoms with Crippen LogP contribution >= 0.6 is 0 Å². The Morgan fingerprint density at radius 3 is 2.36 bits per heavy atom. The molecule has 3 amide bonds. The summed E-state index contributed by atoms with van der Waals surface area (Å²) in [4.78, 5) is 36.4. The van der Waals surface area contributed by atoms with Gasteiger partial charge in [-0.3, -0.25) is 9.59 Å². The Hall–Kier alpha value is -3.35. The normalized spacial score (nSPS) is 14.1. The molecule has 1 aliphatic heterocycles. The fraction of sp³-hybridized carbons (Fsp3) is 0.286. The molecule has 1 saturated heterocycles. The van der Waals surface area contributed by atoms with E-state index in [0.29, 0.717) is 24.9 Å². The molecule has 1 aliphatic rings. The van der Waals surface area contributed by atoms with Crippen LogP contribution in [-0.2, 0) is 16.0 Å². The molecular formula is C21H23N3O4. The molecule has 0 aliphatic carbocycles. The van der Waals surface area contributed by atoms with Crippen molar-refractivity contribution in [2.45, 2.75) is 31.7 Å². The van der Waals surface area contributed by atoms with Gasteiger partial charge in [-0.1, -0.05) is 30.3 Å². The molecule has 1 atom stereocenters. The molecule has 1 unspecified atom stereocenters. The second-order valence-corrected chi connectivity index (χ2v) is 6.76. The SMILES string of the molecule is O=C(O)CCC(Cc1ccccc1)NC(=O)Nc1ccc(N2CCC2=O)cc1. The number of β-lactam (4-membered cyclic amide) rings is 1. The molecule has 2 aromatic carbocycles. The number of hydrogen-bond acceptors (Lipinski definition) is 3. The average Bonchev–Trinajstić information content (AvgIpc) is 2.67. The number of anilines is 2. The van der Waals surface area contributed by atoms with Gasteiger partial charge in [0.25, 0.3) is 0 Å². The number of hydrogen-bond donors (Lipinski definition) is 3. The standard InChI is InChI=1S/C21H23N3O4/c25-19-12-13-24(19)18-9-6-16(7-10-18)22-21(28)23-17(8-11-20(26)27)14-15-4-2-1-3-5-15/h1-7,9-10,17H,8,11-14H2,(H,26,27)(H2,22,23,28). The summed E-state index contributed by atoms with van der Waals surface area (Å²) in [5, 5.41) is 14.6. The number of nitrogens with one attached hydrogen (secondary N) is 2. The molecule has 3 N–H and O–H groups in total. The van der Waals surface area contributed by atoms with Crippen LogP contribution in [0.4, 0.5) is 16.2 Å². The van der Waals surface area contributed by atoms with E-state index in [4.69, 9.17) is 5.11 Å². The van der Waals surface area contributed by atoms with Crippen LogP contribution in [0.3, 0.4) is 0 Å². The fourth-order valence-electron chi connectivity index (χ4n) is 3.09. The molecule has 2 aromatic rings. The number of rotatable bonds is 8. The average molecular weight is 381 g/mol. The molecule has 0 saturated carbocycles. The predicted molar refractivity (Wildman–Crippen MR) is 106 cm³/mol. The summed E-state index contributed by atoms with van der Waals surface area (Å²) in [6.45, 7) is 0.719. The first-order valence-corrected chi connectivity index (χ1v) is 9.25. The Bertz CT molecular complexity index is 836. The first-order valence-electron chi connectivity index (χ1n) is 9.25. The van der Waals surface area contributed by atoms with Gasteiger partial charge in [0, 0.05) is 36.8 Å². The van der Waals surface area contributed by atoms with Gasteiger partial charge in [0.15, 0.2) is 0 Å². The van der Waals surface area contributed by atoms with Crippen molar-refractivity contribution in [1.29, 1.82) is 0 Å². The molecule has 7 nitrogen and oxygen atoms in total. The van der Waals surface area contributed by atoms with Crippen molar-refractivity contribution >= 4 is 29.3 Å². The molecule has 0 spiro atoms. The van der Waals surface area contributed by atoms with Gasteiger partial charge in [-0.25, -0.2) is 4.79 Å². The van der Waals surface area contributed by atoms with Crippen molar-refractivity contribution < 1.29 is 19.5 Å².